The van der Waals surface area contributed by atoms with Crippen molar-refractivity contribution in [3.63, 3.8) is 0 Å². The van der Waals surface area contributed by atoms with E-state index in [9.17, 15) is 27.9 Å². The molecule has 12 heteroatoms. The lowest BCUT2D eigenvalue weighted by Crippen LogP contribution is -2.39. The fraction of sp³-hybridized carbons (Fsp3) is 0.529. The molecule has 0 aliphatic carbocycles. The number of halogens is 3. The van der Waals surface area contributed by atoms with Gasteiger partial charge in [-0.1, -0.05) is 0 Å². The molecule has 3 rings (SSSR count). The zero-order valence-electron chi connectivity index (χ0n) is 15.2. The quantitative estimate of drug-likeness (QED) is 0.529. The highest BCUT2D eigenvalue weighted by Gasteiger charge is 2.49. The van der Waals surface area contributed by atoms with Gasteiger partial charge in [0, 0.05) is 12.6 Å². The molecular formula is C17H20F3N3O6. The van der Waals surface area contributed by atoms with E-state index in [0.29, 0.717) is 6.42 Å². The number of amides is 1. The molecule has 0 radical (unpaired) electrons. The van der Waals surface area contributed by atoms with Gasteiger partial charge in [0.1, 0.15) is 11.9 Å². The third-order valence-corrected chi connectivity index (χ3v) is 4.60. The van der Waals surface area contributed by atoms with Crippen molar-refractivity contribution in [1.82, 2.24) is 15.6 Å². The van der Waals surface area contributed by atoms with E-state index < -0.39 is 12.1 Å². The van der Waals surface area contributed by atoms with Crippen LogP contribution in [0.2, 0.25) is 0 Å². The van der Waals surface area contributed by atoms with Crippen molar-refractivity contribution in [2.24, 2.45) is 5.41 Å². The number of carbonyl (C=O) groups is 3. The largest absolute Gasteiger partial charge is 0.506 e. The lowest BCUT2D eigenvalue weighted by molar-refractivity contribution is -0.192. The molecule has 160 valence electrons. The van der Waals surface area contributed by atoms with Gasteiger partial charge in [-0.3, -0.25) is 14.6 Å². The zero-order chi connectivity index (χ0) is 21.7. The summed E-state index contributed by atoms with van der Waals surface area (Å²) in [6.45, 7) is 1.92. The van der Waals surface area contributed by atoms with Crippen LogP contribution in [0.3, 0.4) is 0 Å². The van der Waals surface area contributed by atoms with Gasteiger partial charge >= 0.3 is 18.1 Å². The molecule has 1 atom stereocenters. The van der Waals surface area contributed by atoms with E-state index in [2.05, 4.69) is 15.6 Å². The molecule has 9 nitrogen and oxygen atoms in total. The van der Waals surface area contributed by atoms with Crippen molar-refractivity contribution in [2.45, 2.75) is 31.5 Å². The summed E-state index contributed by atoms with van der Waals surface area (Å²) in [4.78, 5) is 36.8. The highest BCUT2D eigenvalue weighted by molar-refractivity contribution is 5.94. The molecule has 4 N–H and O–H groups in total. The maximum Gasteiger partial charge on any atom is 0.490 e. The van der Waals surface area contributed by atoms with Crippen LogP contribution in [0.15, 0.2) is 18.5 Å². The standard InChI is InChI=1S/C15H19N3O4.C2HF3O2/c19-11-5-10(7-17-8-11)13(20)18-9-12-6-15(14(21)22-12)1-3-16-4-2-15;3-2(4,5)1(6)7/h5,7-8,12,16,19H,1-4,6,9H2,(H,18,20);(H,6,7). The zero-order valence-corrected chi connectivity index (χ0v) is 15.2. The second-order valence-corrected chi connectivity index (χ2v) is 6.71. The number of rotatable bonds is 3. The second kappa shape index (κ2) is 9.07. The minimum atomic E-state index is -5.08. The van der Waals surface area contributed by atoms with Crippen molar-refractivity contribution in [2.75, 3.05) is 19.6 Å². The first kappa shape index (κ1) is 22.4. The normalized spacial score (nSPS) is 20.4. The number of hydrogen-bond donors (Lipinski definition) is 4. The smallest absolute Gasteiger partial charge is 0.490 e. The number of ether oxygens (including phenoxy) is 1. The van der Waals surface area contributed by atoms with Gasteiger partial charge in [0.15, 0.2) is 0 Å². The van der Waals surface area contributed by atoms with E-state index in [-0.39, 0.29) is 41.3 Å². The summed E-state index contributed by atoms with van der Waals surface area (Å²) in [7, 11) is 0. The number of carbonyl (C=O) groups excluding carboxylic acids is 2. The highest BCUT2D eigenvalue weighted by atomic mass is 19.4. The molecule has 0 saturated carbocycles. The van der Waals surface area contributed by atoms with Crippen LogP contribution in [0.25, 0.3) is 0 Å². The Morgan fingerprint density at radius 3 is 2.48 bits per heavy atom. The summed E-state index contributed by atoms with van der Waals surface area (Å²) < 4.78 is 37.2. The third-order valence-electron chi connectivity index (χ3n) is 4.60. The maximum atomic E-state index is 12.1. The molecule has 2 aliphatic heterocycles. The van der Waals surface area contributed by atoms with Crippen LogP contribution in [-0.4, -0.2) is 65.0 Å². The minimum absolute atomic E-state index is 0.0615. The second-order valence-electron chi connectivity index (χ2n) is 6.71. The number of aromatic hydroxyl groups is 1. The molecule has 29 heavy (non-hydrogen) atoms. The van der Waals surface area contributed by atoms with Gasteiger partial charge in [0.05, 0.1) is 23.7 Å². The van der Waals surface area contributed by atoms with Gasteiger partial charge in [-0.15, -0.1) is 0 Å². The van der Waals surface area contributed by atoms with Crippen LogP contribution in [-0.2, 0) is 14.3 Å². The highest BCUT2D eigenvalue weighted by Crippen LogP contribution is 2.41. The van der Waals surface area contributed by atoms with Gasteiger partial charge in [-0.2, -0.15) is 13.2 Å². The number of nitrogens with one attached hydrogen (secondary N) is 2. The van der Waals surface area contributed by atoms with E-state index in [4.69, 9.17) is 14.6 Å². The Morgan fingerprint density at radius 1 is 1.31 bits per heavy atom. The summed E-state index contributed by atoms with van der Waals surface area (Å²) in [6.07, 6.45) is -0.522. The number of aromatic nitrogens is 1. The molecule has 0 aromatic carbocycles. The number of esters is 1. The molecule has 2 fully saturated rings. The fourth-order valence-electron chi connectivity index (χ4n) is 3.13. The van der Waals surface area contributed by atoms with Crippen LogP contribution < -0.4 is 10.6 Å². The molecule has 1 aromatic heterocycles. The van der Waals surface area contributed by atoms with Crippen LogP contribution in [0.5, 0.6) is 5.75 Å². The SMILES string of the molecule is O=C(NCC1CC2(CCNCC2)C(=O)O1)c1cncc(O)c1.O=C(O)C(F)(F)F. The number of carboxylic acids is 1. The number of carboxylic acid groups (broad SMARTS) is 1. The number of piperidine rings is 1. The van der Waals surface area contributed by atoms with Gasteiger partial charge in [0.2, 0.25) is 0 Å². The molecule has 1 spiro atoms. The number of nitrogens with zero attached hydrogens (tertiary/aromatic N) is 1. The van der Waals surface area contributed by atoms with E-state index in [0.717, 1.165) is 25.9 Å². The summed E-state index contributed by atoms with van der Waals surface area (Å²) >= 11 is 0. The fourth-order valence-corrected chi connectivity index (χ4v) is 3.13. The lowest BCUT2D eigenvalue weighted by Gasteiger charge is -2.29. The number of alkyl halides is 3. The van der Waals surface area contributed by atoms with Crippen molar-refractivity contribution in [1.29, 1.82) is 0 Å². The summed E-state index contributed by atoms with van der Waals surface area (Å²) in [5, 5.41) is 22.4. The Hall–Kier alpha value is -2.89. The minimum Gasteiger partial charge on any atom is -0.506 e. The average Bonchev–Trinajstić information content (AvgIpc) is 2.95. The molecule has 1 amide bonds. The Bertz CT molecular complexity index is 765. The Labute approximate surface area is 163 Å². The summed E-state index contributed by atoms with van der Waals surface area (Å²) in [5.41, 5.74) is -0.103. The predicted molar refractivity (Wildman–Crippen MR) is 91.0 cm³/mol. The van der Waals surface area contributed by atoms with Crippen molar-refractivity contribution in [3.8, 4) is 5.75 Å². The van der Waals surface area contributed by atoms with Gasteiger partial charge < -0.3 is 25.6 Å². The summed E-state index contributed by atoms with van der Waals surface area (Å²) in [5.74, 6) is -3.31. The van der Waals surface area contributed by atoms with Gasteiger partial charge in [-0.25, -0.2) is 4.79 Å². The first-order valence-corrected chi connectivity index (χ1v) is 8.68. The van der Waals surface area contributed by atoms with E-state index in [1.54, 1.807) is 0 Å². The Balaban J connectivity index is 0.000000370. The average molecular weight is 419 g/mol. The molecule has 1 unspecified atom stereocenters. The number of hydrogen-bond acceptors (Lipinski definition) is 7. The lowest BCUT2D eigenvalue weighted by atomic mass is 9.76. The van der Waals surface area contributed by atoms with Gasteiger partial charge in [-0.05, 0) is 32.0 Å². The van der Waals surface area contributed by atoms with Crippen molar-refractivity contribution >= 4 is 17.8 Å². The van der Waals surface area contributed by atoms with E-state index in [1.807, 2.05) is 0 Å². The molecular weight excluding hydrogens is 399 g/mol. The molecule has 3 heterocycles. The number of pyridine rings is 1. The predicted octanol–water partition coefficient (Wildman–Crippen LogP) is 0.836. The van der Waals surface area contributed by atoms with E-state index >= 15 is 0 Å². The number of cyclic esters (lactones) is 1. The van der Waals surface area contributed by atoms with Crippen molar-refractivity contribution < 1.29 is 42.5 Å². The van der Waals surface area contributed by atoms with Gasteiger partial charge in [0.25, 0.3) is 5.91 Å². The topological polar surface area (TPSA) is 138 Å². The molecule has 1 aromatic rings. The molecule has 2 saturated heterocycles. The Kier molecular flexibility index (Phi) is 7.01. The maximum absolute atomic E-state index is 12.1. The van der Waals surface area contributed by atoms with E-state index in [1.165, 1.54) is 18.5 Å². The van der Waals surface area contributed by atoms with Crippen LogP contribution in [0, 0.1) is 5.41 Å². The molecule has 2 aliphatic rings. The van der Waals surface area contributed by atoms with Crippen LogP contribution >= 0.6 is 0 Å². The number of aliphatic carboxylic acids is 1. The van der Waals surface area contributed by atoms with Crippen LogP contribution in [0.1, 0.15) is 29.6 Å². The Morgan fingerprint density at radius 2 is 1.93 bits per heavy atom. The first-order chi connectivity index (χ1) is 13.5. The summed E-state index contributed by atoms with van der Waals surface area (Å²) in [6, 6.07) is 1.34. The first-order valence-electron chi connectivity index (χ1n) is 8.68. The molecule has 0 bridgehead atoms. The van der Waals surface area contributed by atoms with Crippen LogP contribution in [0.4, 0.5) is 13.2 Å². The van der Waals surface area contributed by atoms with Crippen molar-refractivity contribution in [3.05, 3.63) is 24.0 Å². The monoisotopic (exact) mass is 419 g/mol. The third kappa shape index (κ3) is 6.04.